The normalized spacial score (nSPS) is 11.1. The molecule has 9 nitrogen and oxygen atoms in total. The maximum Gasteiger partial charge on any atom is 0.277 e. The Morgan fingerprint density at radius 2 is 2.07 bits per heavy atom. The Labute approximate surface area is 155 Å². The number of aromatic nitrogens is 4. The lowest BCUT2D eigenvalue weighted by Gasteiger charge is -2.10. The highest BCUT2D eigenvalue weighted by Gasteiger charge is 2.19. The van der Waals surface area contributed by atoms with Gasteiger partial charge in [-0.1, -0.05) is 20.3 Å². The lowest BCUT2D eigenvalue weighted by molar-refractivity contribution is -0.384. The number of nitro groups is 1. The van der Waals surface area contributed by atoms with Crippen molar-refractivity contribution in [2.45, 2.75) is 33.1 Å². The summed E-state index contributed by atoms with van der Waals surface area (Å²) >= 11 is 0. The van der Waals surface area contributed by atoms with Gasteiger partial charge in [0.1, 0.15) is 17.1 Å². The predicted molar refractivity (Wildman–Crippen MR) is 101 cm³/mol. The number of rotatable bonds is 7. The van der Waals surface area contributed by atoms with E-state index in [4.69, 9.17) is 4.74 Å². The molecule has 1 aromatic carbocycles. The minimum Gasteiger partial charge on any atom is -0.493 e. The molecule has 0 aliphatic rings. The Morgan fingerprint density at radius 3 is 2.74 bits per heavy atom. The molecule has 0 saturated heterocycles. The highest BCUT2D eigenvalue weighted by Crippen LogP contribution is 2.32. The molecular weight excluding hydrogens is 350 g/mol. The van der Waals surface area contributed by atoms with Crippen LogP contribution in [0.3, 0.4) is 0 Å². The molecule has 0 fully saturated rings. The molecule has 0 saturated carbocycles. The van der Waals surface area contributed by atoms with E-state index in [9.17, 15) is 14.9 Å². The Balaban J connectivity index is 2.24. The number of nitrogens with one attached hydrogen (secondary N) is 1. The number of aromatic amines is 1. The van der Waals surface area contributed by atoms with Crippen molar-refractivity contribution in [3.05, 3.63) is 44.4 Å². The van der Waals surface area contributed by atoms with Crippen LogP contribution in [0.5, 0.6) is 5.75 Å². The third-order valence-electron chi connectivity index (χ3n) is 4.14. The summed E-state index contributed by atoms with van der Waals surface area (Å²) in [5, 5.41) is 15.6. The summed E-state index contributed by atoms with van der Waals surface area (Å²) in [5.41, 5.74) is 1.54. The van der Waals surface area contributed by atoms with Crippen LogP contribution in [0.2, 0.25) is 0 Å². The minimum atomic E-state index is -0.490. The fourth-order valence-electron chi connectivity index (χ4n) is 2.93. The van der Waals surface area contributed by atoms with E-state index in [1.54, 1.807) is 7.05 Å². The first-order valence-electron chi connectivity index (χ1n) is 8.83. The van der Waals surface area contributed by atoms with Gasteiger partial charge in [0, 0.05) is 19.2 Å². The van der Waals surface area contributed by atoms with Crippen LogP contribution in [-0.4, -0.2) is 31.3 Å². The van der Waals surface area contributed by atoms with Crippen molar-refractivity contribution in [2.75, 3.05) is 6.61 Å². The summed E-state index contributed by atoms with van der Waals surface area (Å²) in [5.74, 6) is 0.665. The zero-order valence-corrected chi connectivity index (χ0v) is 15.5. The Kier molecular flexibility index (Phi) is 5.20. The van der Waals surface area contributed by atoms with Gasteiger partial charge in [0.2, 0.25) is 0 Å². The molecule has 0 bridgehead atoms. The SMILES string of the molecule is CCCOc1ccc([N+](=O)[O-])cc1-c1nc2c(CCC)nn(C)c2c(=O)[nH]1. The first kappa shape index (κ1) is 18.6. The highest BCUT2D eigenvalue weighted by molar-refractivity contribution is 5.80. The van der Waals surface area contributed by atoms with Gasteiger partial charge in [0.15, 0.2) is 5.52 Å². The van der Waals surface area contributed by atoms with E-state index in [1.807, 2.05) is 13.8 Å². The molecule has 0 amide bonds. The van der Waals surface area contributed by atoms with E-state index in [0.29, 0.717) is 35.4 Å². The molecule has 3 aromatic rings. The number of benzene rings is 1. The number of non-ortho nitro benzene ring substituents is 1. The van der Waals surface area contributed by atoms with Gasteiger partial charge in [-0.15, -0.1) is 0 Å². The molecule has 0 aliphatic carbocycles. The molecule has 1 N–H and O–H groups in total. The van der Waals surface area contributed by atoms with Gasteiger partial charge in [0.05, 0.1) is 22.8 Å². The largest absolute Gasteiger partial charge is 0.493 e. The average molecular weight is 371 g/mol. The zero-order valence-electron chi connectivity index (χ0n) is 15.5. The fraction of sp³-hybridized carbons (Fsp3) is 0.389. The first-order valence-corrected chi connectivity index (χ1v) is 8.83. The molecular formula is C18H21N5O4. The van der Waals surface area contributed by atoms with Crippen molar-refractivity contribution >= 4 is 16.7 Å². The molecule has 3 rings (SSSR count). The van der Waals surface area contributed by atoms with Crippen LogP contribution in [0, 0.1) is 10.1 Å². The average Bonchev–Trinajstić information content (AvgIpc) is 2.96. The van der Waals surface area contributed by atoms with Crippen molar-refractivity contribution in [1.29, 1.82) is 0 Å². The van der Waals surface area contributed by atoms with E-state index in [1.165, 1.54) is 22.9 Å². The lowest BCUT2D eigenvalue weighted by atomic mass is 10.1. The summed E-state index contributed by atoms with van der Waals surface area (Å²) < 4.78 is 7.22. The van der Waals surface area contributed by atoms with Crippen molar-refractivity contribution in [3.8, 4) is 17.1 Å². The van der Waals surface area contributed by atoms with E-state index in [0.717, 1.165) is 18.5 Å². The zero-order chi connectivity index (χ0) is 19.6. The molecule has 0 aliphatic heterocycles. The summed E-state index contributed by atoms with van der Waals surface area (Å²) in [6.07, 6.45) is 2.32. The second-order valence-corrected chi connectivity index (χ2v) is 6.22. The number of nitro benzene ring substituents is 1. The van der Waals surface area contributed by atoms with Gasteiger partial charge in [-0.25, -0.2) is 4.98 Å². The summed E-state index contributed by atoms with van der Waals surface area (Å²) in [4.78, 5) is 30.6. The minimum absolute atomic E-state index is 0.100. The highest BCUT2D eigenvalue weighted by atomic mass is 16.6. The number of hydrogen-bond donors (Lipinski definition) is 1. The number of ether oxygens (including phenoxy) is 1. The summed E-state index contributed by atoms with van der Waals surface area (Å²) in [6.45, 7) is 4.43. The Hall–Kier alpha value is -3.23. The standard InChI is InChI=1S/C18H21N5O4/c1-4-6-13-15-16(22(3)21-13)18(24)20-17(19-15)12-10-11(23(25)26)7-8-14(12)27-9-5-2/h7-8,10H,4-6,9H2,1-3H3,(H,19,20,24). The molecule has 27 heavy (non-hydrogen) atoms. The van der Waals surface area contributed by atoms with Crippen molar-refractivity contribution in [1.82, 2.24) is 19.7 Å². The van der Waals surface area contributed by atoms with Crippen LogP contribution < -0.4 is 10.3 Å². The third kappa shape index (κ3) is 3.53. The molecule has 0 atom stereocenters. The van der Waals surface area contributed by atoms with Gasteiger partial charge in [-0.3, -0.25) is 19.6 Å². The Morgan fingerprint density at radius 1 is 1.30 bits per heavy atom. The monoisotopic (exact) mass is 371 g/mol. The topological polar surface area (TPSA) is 116 Å². The van der Waals surface area contributed by atoms with Crippen LogP contribution in [-0.2, 0) is 13.5 Å². The van der Waals surface area contributed by atoms with Gasteiger partial charge in [0.25, 0.3) is 11.2 Å². The van der Waals surface area contributed by atoms with E-state index >= 15 is 0 Å². The third-order valence-corrected chi connectivity index (χ3v) is 4.14. The van der Waals surface area contributed by atoms with Crippen molar-refractivity contribution in [2.24, 2.45) is 7.05 Å². The lowest BCUT2D eigenvalue weighted by Crippen LogP contribution is -2.13. The smallest absolute Gasteiger partial charge is 0.277 e. The molecule has 9 heteroatoms. The fourth-order valence-corrected chi connectivity index (χ4v) is 2.93. The maximum absolute atomic E-state index is 12.6. The molecule has 0 radical (unpaired) electrons. The van der Waals surface area contributed by atoms with Crippen molar-refractivity contribution in [3.63, 3.8) is 0 Å². The van der Waals surface area contributed by atoms with Gasteiger partial charge >= 0.3 is 0 Å². The van der Waals surface area contributed by atoms with Crippen LogP contribution >= 0.6 is 0 Å². The number of nitrogens with zero attached hydrogens (tertiary/aromatic N) is 4. The predicted octanol–water partition coefficient (Wildman–Crippen LogP) is 2.97. The number of aryl methyl sites for hydroxylation is 2. The van der Waals surface area contributed by atoms with Gasteiger partial charge in [-0.05, 0) is 18.9 Å². The second-order valence-electron chi connectivity index (χ2n) is 6.22. The van der Waals surface area contributed by atoms with Crippen LogP contribution in [0.1, 0.15) is 32.4 Å². The van der Waals surface area contributed by atoms with Crippen molar-refractivity contribution < 1.29 is 9.66 Å². The molecule has 142 valence electrons. The number of H-pyrrole nitrogens is 1. The van der Waals surface area contributed by atoms with Crippen LogP contribution in [0.4, 0.5) is 5.69 Å². The van der Waals surface area contributed by atoms with E-state index < -0.39 is 4.92 Å². The van der Waals surface area contributed by atoms with Crippen LogP contribution in [0.15, 0.2) is 23.0 Å². The number of hydrogen-bond acceptors (Lipinski definition) is 6. The second kappa shape index (κ2) is 7.56. The van der Waals surface area contributed by atoms with E-state index in [-0.39, 0.29) is 17.1 Å². The molecule has 0 spiro atoms. The Bertz CT molecular complexity index is 1050. The van der Waals surface area contributed by atoms with Gasteiger partial charge in [-0.2, -0.15) is 5.10 Å². The van der Waals surface area contributed by atoms with Gasteiger partial charge < -0.3 is 9.72 Å². The first-order chi connectivity index (χ1) is 13.0. The van der Waals surface area contributed by atoms with Crippen LogP contribution in [0.25, 0.3) is 22.4 Å². The summed E-state index contributed by atoms with van der Waals surface area (Å²) in [6, 6.07) is 4.27. The summed E-state index contributed by atoms with van der Waals surface area (Å²) in [7, 11) is 1.70. The maximum atomic E-state index is 12.6. The molecule has 0 unspecified atom stereocenters. The number of fused-ring (bicyclic) bond motifs is 1. The molecule has 2 heterocycles. The van der Waals surface area contributed by atoms with E-state index in [2.05, 4.69) is 15.1 Å². The molecule has 2 aromatic heterocycles. The quantitative estimate of drug-likeness (QED) is 0.504.